The summed E-state index contributed by atoms with van der Waals surface area (Å²) >= 11 is 0. The summed E-state index contributed by atoms with van der Waals surface area (Å²) in [7, 11) is 0. The molecule has 1 saturated heterocycles. The average Bonchev–Trinajstić information content (AvgIpc) is 2.84. The molecule has 0 radical (unpaired) electrons. The number of hydrogen-bond acceptors (Lipinski definition) is 3. The SMILES string of the molecule is CC(Oc1ccccc1F)C(=O)N1CCC(C)(CN)C1. The van der Waals surface area contributed by atoms with Gasteiger partial charge in [0, 0.05) is 13.1 Å². The van der Waals surface area contributed by atoms with Gasteiger partial charge < -0.3 is 15.4 Å². The first kappa shape index (κ1) is 14.8. The molecule has 110 valence electrons. The molecule has 5 heteroatoms. The van der Waals surface area contributed by atoms with E-state index in [0.29, 0.717) is 19.6 Å². The number of carbonyl (C=O) groups is 1. The molecule has 0 saturated carbocycles. The average molecular weight is 280 g/mol. The third-order valence-electron chi connectivity index (χ3n) is 3.85. The maximum Gasteiger partial charge on any atom is 0.263 e. The van der Waals surface area contributed by atoms with Crippen molar-refractivity contribution < 1.29 is 13.9 Å². The van der Waals surface area contributed by atoms with Crippen LogP contribution in [0, 0.1) is 11.2 Å². The van der Waals surface area contributed by atoms with Crippen LogP contribution in [-0.4, -0.2) is 36.5 Å². The molecule has 1 fully saturated rings. The molecule has 2 N–H and O–H groups in total. The van der Waals surface area contributed by atoms with Gasteiger partial charge in [0.15, 0.2) is 17.7 Å². The Kier molecular flexibility index (Phi) is 4.28. The molecule has 20 heavy (non-hydrogen) atoms. The van der Waals surface area contributed by atoms with Gasteiger partial charge in [0.05, 0.1) is 0 Å². The first-order valence-corrected chi connectivity index (χ1v) is 6.85. The van der Waals surface area contributed by atoms with Gasteiger partial charge in [0.1, 0.15) is 0 Å². The molecular weight excluding hydrogens is 259 g/mol. The number of ether oxygens (including phenoxy) is 1. The van der Waals surface area contributed by atoms with Crippen molar-refractivity contribution in [2.24, 2.45) is 11.1 Å². The number of likely N-dealkylation sites (tertiary alicyclic amines) is 1. The minimum absolute atomic E-state index is 0.0205. The molecule has 1 heterocycles. The first-order chi connectivity index (χ1) is 9.45. The van der Waals surface area contributed by atoms with E-state index >= 15 is 0 Å². The molecule has 1 aromatic carbocycles. The Labute approximate surface area is 118 Å². The summed E-state index contributed by atoms with van der Waals surface area (Å²) in [4.78, 5) is 14.1. The Hall–Kier alpha value is -1.62. The topological polar surface area (TPSA) is 55.6 Å². The van der Waals surface area contributed by atoms with Crippen LogP contribution in [0.15, 0.2) is 24.3 Å². The molecule has 1 aliphatic heterocycles. The molecule has 4 nitrogen and oxygen atoms in total. The van der Waals surface area contributed by atoms with E-state index in [0.717, 1.165) is 6.42 Å². The Balaban J connectivity index is 1.98. The second-order valence-electron chi connectivity index (χ2n) is 5.72. The van der Waals surface area contributed by atoms with Gasteiger partial charge in [0.25, 0.3) is 5.91 Å². The van der Waals surface area contributed by atoms with Crippen molar-refractivity contribution in [3.05, 3.63) is 30.1 Å². The number of halogens is 1. The fourth-order valence-electron chi connectivity index (χ4n) is 2.42. The molecule has 1 aromatic rings. The number of benzene rings is 1. The number of amides is 1. The lowest BCUT2D eigenvalue weighted by Crippen LogP contribution is -2.41. The van der Waals surface area contributed by atoms with Crippen LogP contribution >= 0.6 is 0 Å². The Morgan fingerprint density at radius 3 is 2.85 bits per heavy atom. The van der Waals surface area contributed by atoms with Crippen molar-refractivity contribution in [1.82, 2.24) is 4.90 Å². The van der Waals surface area contributed by atoms with Gasteiger partial charge in [-0.2, -0.15) is 0 Å². The molecule has 2 rings (SSSR count). The molecular formula is C15H21FN2O2. The summed E-state index contributed by atoms with van der Waals surface area (Å²) < 4.78 is 18.9. The van der Waals surface area contributed by atoms with E-state index in [1.807, 2.05) is 0 Å². The van der Waals surface area contributed by atoms with Crippen molar-refractivity contribution in [2.75, 3.05) is 19.6 Å². The maximum atomic E-state index is 13.5. The van der Waals surface area contributed by atoms with Crippen molar-refractivity contribution >= 4 is 5.91 Å². The number of para-hydroxylation sites is 1. The van der Waals surface area contributed by atoms with Gasteiger partial charge >= 0.3 is 0 Å². The highest BCUT2D eigenvalue weighted by atomic mass is 19.1. The zero-order valence-corrected chi connectivity index (χ0v) is 11.9. The van der Waals surface area contributed by atoms with Crippen LogP contribution in [0.5, 0.6) is 5.75 Å². The maximum absolute atomic E-state index is 13.5. The van der Waals surface area contributed by atoms with Crippen LogP contribution in [0.1, 0.15) is 20.3 Å². The van der Waals surface area contributed by atoms with E-state index in [2.05, 4.69) is 6.92 Å². The summed E-state index contributed by atoms with van der Waals surface area (Å²) in [6, 6.07) is 6.10. The highest BCUT2D eigenvalue weighted by Crippen LogP contribution is 2.29. The van der Waals surface area contributed by atoms with Crippen LogP contribution in [0.2, 0.25) is 0 Å². The van der Waals surface area contributed by atoms with E-state index in [1.54, 1.807) is 24.0 Å². The van der Waals surface area contributed by atoms with Gasteiger partial charge in [-0.25, -0.2) is 4.39 Å². The lowest BCUT2D eigenvalue weighted by molar-refractivity contribution is -0.137. The van der Waals surface area contributed by atoms with Gasteiger partial charge in [0.2, 0.25) is 0 Å². The predicted octanol–water partition coefficient (Wildman–Crippen LogP) is 1.79. The summed E-state index contributed by atoms with van der Waals surface area (Å²) in [6.45, 7) is 5.58. The van der Waals surface area contributed by atoms with Gasteiger partial charge in [-0.3, -0.25) is 4.79 Å². The van der Waals surface area contributed by atoms with E-state index in [-0.39, 0.29) is 17.1 Å². The largest absolute Gasteiger partial charge is 0.478 e. The zero-order chi connectivity index (χ0) is 14.8. The number of carbonyl (C=O) groups excluding carboxylic acids is 1. The summed E-state index contributed by atoms with van der Waals surface area (Å²) in [6.07, 6.45) is 0.189. The first-order valence-electron chi connectivity index (χ1n) is 6.85. The summed E-state index contributed by atoms with van der Waals surface area (Å²) in [5, 5.41) is 0. The third kappa shape index (κ3) is 3.10. The quantitative estimate of drug-likeness (QED) is 0.915. The summed E-state index contributed by atoms with van der Waals surface area (Å²) in [5.74, 6) is -0.472. The van der Waals surface area contributed by atoms with Crippen LogP contribution < -0.4 is 10.5 Å². The minimum Gasteiger partial charge on any atom is -0.478 e. The molecule has 0 aromatic heterocycles. The predicted molar refractivity (Wildman–Crippen MR) is 74.8 cm³/mol. The Morgan fingerprint density at radius 2 is 2.25 bits per heavy atom. The Morgan fingerprint density at radius 1 is 1.55 bits per heavy atom. The molecule has 0 aliphatic carbocycles. The minimum atomic E-state index is -0.702. The monoisotopic (exact) mass is 280 g/mol. The van der Waals surface area contributed by atoms with Gasteiger partial charge in [-0.15, -0.1) is 0 Å². The highest BCUT2D eigenvalue weighted by molar-refractivity contribution is 5.81. The Bertz CT molecular complexity index is 495. The van der Waals surface area contributed by atoms with E-state index in [1.165, 1.54) is 12.1 Å². The van der Waals surface area contributed by atoms with Crippen LogP contribution in [0.25, 0.3) is 0 Å². The van der Waals surface area contributed by atoms with E-state index < -0.39 is 11.9 Å². The molecule has 1 aliphatic rings. The lowest BCUT2D eigenvalue weighted by atomic mass is 9.90. The van der Waals surface area contributed by atoms with Crippen LogP contribution in [-0.2, 0) is 4.79 Å². The molecule has 2 unspecified atom stereocenters. The van der Waals surface area contributed by atoms with Crippen LogP contribution in [0.3, 0.4) is 0 Å². The van der Waals surface area contributed by atoms with Crippen molar-refractivity contribution in [3.63, 3.8) is 0 Å². The smallest absolute Gasteiger partial charge is 0.263 e. The number of rotatable bonds is 4. The molecule has 1 amide bonds. The second kappa shape index (κ2) is 5.79. The zero-order valence-electron chi connectivity index (χ0n) is 11.9. The standard InChI is InChI=1S/C15H21FN2O2/c1-11(20-13-6-4-3-5-12(13)16)14(19)18-8-7-15(2,9-17)10-18/h3-6,11H,7-10,17H2,1-2H3. The number of nitrogens with zero attached hydrogens (tertiary/aromatic N) is 1. The number of nitrogens with two attached hydrogens (primary N) is 1. The fourth-order valence-corrected chi connectivity index (χ4v) is 2.42. The number of hydrogen-bond donors (Lipinski definition) is 1. The van der Waals surface area contributed by atoms with Crippen molar-refractivity contribution in [2.45, 2.75) is 26.4 Å². The van der Waals surface area contributed by atoms with Gasteiger partial charge in [-0.05, 0) is 37.4 Å². The molecule has 2 atom stereocenters. The van der Waals surface area contributed by atoms with Crippen LogP contribution in [0.4, 0.5) is 4.39 Å². The highest BCUT2D eigenvalue weighted by Gasteiger charge is 2.36. The van der Waals surface area contributed by atoms with Crippen molar-refractivity contribution in [3.8, 4) is 5.75 Å². The normalized spacial score (nSPS) is 23.7. The van der Waals surface area contributed by atoms with Gasteiger partial charge in [-0.1, -0.05) is 19.1 Å². The van der Waals surface area contributed by atoms with E-state index in [4.69, 9.17) is 10.5 Å². The van der Waals surface area contributed by atoms with Crippen molar-refractivity contribution in [1.29, 1.82) is 0 Å². The molecule has 0 bridgehead atoms. The third-order valence-corrected chi connectivity index (χ3v) is 3.85. The fraction of sp³-hybridized carbons (Fsp3) is 0.533. The summed E-state index contributed by atoms with van der Waals surface area (Å²) in [5.41, 5.74) is 5.71. The van der Waals surface area contributed by atoms with E-state index in [9.17, 15) is 9.18 Å². The molecule has 0 spiro atoms. The lowest BCUT2D eigenvalue weighted by Gasteiger charge is -2.25. The second-order valence-corrected chi connectivity index (χ2v) is 5.72.